The molecule has 254 valence electrons. The zero-order valence-electron chi connectivity index (χ0n) is 28.3. The summed E-state index contributed by atoms with van der Waals surface area (Å²) in [5.41, 5.74) is 1.42. The third-order valence-electron chi connectivity index (χ3n) is 14.0. The second-order valence-corrected chi connectivity index (χ2v) is 16.3. The highest BCUT2D eigenvalue weighted by Gasteiger charge is 2.63. The van der Waals surface area contributed by atoms with Crippen LogP contribution in [0, 0.1) is 52.3 Å². The van der Waals surface area contributed by atoms with Crippen LogP contribution in [-0.4, -0.2) is 46.9 Å². The van der Waals surface area contributed by atoms with Crippen LogP contribution in [0.4, 0.5) is 0 Å². The lowest BCUT2D eigenvalue weighted by Gasteiger charge is -2.62. The Morgan fingerprint density at radius 1 is 0.978 bits per heavy atom. The van der Waals surface area contributed by atoms with E-state index in [0.29, 0.717) is 60.2 Å². The van der Waals surface area contributed by atoms with Crippen LogP contribution < -0.4 is 0 Å². The van der Waals surface area contributed by atoms with Gasteiger partial charge in [0.25, 0.3) is 0 Å². The van der Waals surface area contributed by atoms with Gasteiger partial charge in [0, 0.05) is 18.8 Å². The molecular weight excluding hydrogens is 580 g/mol. The van der Waals surface area contributed by atoms with Crippen LogP contribution in [0.25, 0.3) is 0 Å². The number of esters is 2. The van der Waals surface area contributed by atoms with Gasteiger partial charge in [-0.05, 0) is 141 Å². The Labute approximate surface area is 275 Å². The summed E-state index contributed by atoms with van der Waals surface area (Å²) in [4.78, 5) is 37.6. The van der Waals surface area contributed by atoms with Crippen molar-refractivity contribution >= 4 is 17.7 Å². The molecule has 1 aromatic carbocycles. The SMILES string of the molecule is C[C@H](CCC(=O)OCOC(=O)c1cccc(CC2CCCCC2=O)c1)C1CCC2C3CC[C@@H]4C[C@H](O)CC[C@]4(C)C3C[C@H](O)[C@@]21C. The van der Waals surface area contributed by atoms with Gasteiger partial charge in [-0.15, -0.1) is 0 Å². The molecule has 0 amide bonds. The van der Waals surface area contributed by atoms with Gasteiger partial charge in [0.1, 0.15) is 5.78 Å². The van der Waals surface area contributed by atoms with Crippen LogP contribution in [0.5, 0.6) is 0 Å². The van der Waals surface area contributed by atoms with Crippen LogP contribution >= 0.6 is 0 Å². The van der Waals surface area contributed by atoms with E-state index in [9.17, 15) is 24.6 Å². The molecule has 0 aromatic heterocycles. The molecule has 5 unspecified atom stereocenters. The van der Waals surface area contributed by atoms with Gasteiger partial charge in [0.05, 0.1) is 17.8 Å². The summed E-state index contributed by atoms with van der Waals surface area (Å²) in [6, 6.07) is 7.19. The molecule has 0 saturated heterocycles. The van der Waals surface area contributed by atoms with Crippen molar-refractivity contribution in [2.24, 2.45) is 52.3 Å². The number of rotatable bonds is 9. The summed E-state index contributed by atoms with van der Waals surface area (Å²) >= 11 is 0. The average molecular weight is 637 g/mol. The molecule has 11 atom stereocenters. The van der Waals surface area contributed by atoms with E-state index in [1.165, 1.54) is 12.8 Å². The molecule has 0 spiro atoms. The van der Waals surface area contributed by atoms with Crippen LogP contribution in [0.1, 0.15) is 127 Å². The minimum absolute atomic E-state index is 0.0234. The highest BCUT2D eigenvalue weighted by atomic mass is 16.7. The highest BCUT2D eigenvalue weighted by Crippen LogP contribution is 2.68. The van der Waals surface area contributed by atoms with Gasteiger partial charge in [-0.1, -0.05) is 39.3 Å². The normalized spacial score (nSPS) is 39.5. The van der Waals surface area contributed by atoms with Crippen LogP contribution in [0.3, 0.4) is 0 Å². The Hall–Kier alpha value is -2.25. The Balaban J connectivity index is 0.974. The zero-order valence-corrected chi connectivity index (χ0v) is 28.3. The van der Waals surface area contributed by atoms with Gasteiger partial charge in [-0.25, -0.2) is 4.79 Å². The number of Topliss-reactive ketones (excluding diaryl/α,β-unsaturated/α-hetero) is 1. The second kappa shape index (κ2) is 13.7. The number of hydrogen-bond donors (Lipinski definition) is 2. The summed E-state index contributed by atoms with van der Waals surface area (Å²) in [6.07, 6.45) is 13.0. The first-order chi connectivity index (χ1) is 22.0. The Bertz CT molecular complexity index is 1280. The van der Waals surface area contributed by atoms with Crippen LogP contribution in [0.15, 0.2) is 24.3 Å². The standard InChI is InChI=1S/C39H56O7/c1-24(11-16-36(43)45-23-46-37(44)27-9-6-7-25(20-27)19-26-8-4-5-10-34(26)41)31-14-15-32-30-13-12-28-21-29(40)17-18-38(28,2)33(30)22-35(42)39(31,32)3/h6-7,9,20,24,26,28-33,35,40,42H,4-5,8,10-19,21-23H2,1-3H3/t24-,26?,28-,29-,30?,31?,32?,33?,35+,38+,39-/m1/s1. The largest absolute Gasteiger partial charge is 0.428 e. The van der Waals surface area contributed by atoms with Gasteiger partial charge in [-0.2, -0.15) is 0 Å². The Morgan fingerprint density at radius 2 is 1.80 bits per heavy atom. The van der Waals surface area contributed by atoms with Crippen molar-refractivity contribution in [3.05, 3.63) is 35.4 Å². The summed E-state index contributed by atoms with van der Waals surface area (Å²) in [6.45, 7) is 6.58. The molecule has 0 aliphatic heterocycles. The van der Waals surface area contributed by atoms with Crippen molar-refractivity contribution in [3.63, 3.8) is 0 Å². The molecule has 46 heavy (non-hydrogen) atoms. The van der Waals surface area contributed by atoms with Gasteiger partial charge >= 0.3 is 11.9 Å². The smallest absolute Gasteiger partial charge is 0.341 e. The van der Waals surface area contributed by atoms with Crippen molar-refractivity contribution in [1.82, 2.24) is 0 Å². The minimum Gasteiger partial charge on any atom is -0.428 e. The highest BCUT2D eigenvalue weighted by molar-refractivity contribution is 5.89. The molecule has 6 rings (SSSR count). The predicted octanol–water partition coefficient (Wildman–Crippen LogP) is 7.05. The maximum atomic E-state index is 12.7. The van der Waals surface area contributed by atoms with E-state index in [0.717, 1.165) is 63.4 Å². The number of ketones is 1. The molecule has 7 nitrogen and oxygen atoms in total. The molecule has 5 fully saturated rings. The van der Waals surface area contributed by atoms with Gasteiger partial charge in [-0.3, -0.25) is 9.59 Å². The van der Waals surface area contributed by atoms with Crippen molar-refractivity contribution in [2.75, 3.05) is 6.79 Å². The fraction of sp³-hybridized carbons (Fsp3) is 0.769. The summed E-state index contributed by atoms with van der Waals surface area (Å²) in [5, 5.41) is 22.2. The van der Waals surface area contributed by atoms with Crippen LogP contribution in [-0.2, 0) is 25.5 Å². The van der Waals surface area contributed by atoms with Crippen molar-refractivity contribution < 1.29 is 34.1 Å². The van der Waals surface area contributed by atoms with Crippen molar-refractivity contribution in [2.45, 2.75) is 129 Å². The Kier molecular flexibility index (Phi) is 10.0. The number of benzene rings is 1. The lowest BCUT2D eigenvalue weighted by atomic mass is 9.43. The number of aliphatic hydroxyl groups is 2. The van der Waals surface area contributed by atoms with E-state index < -0.39 is 12.8 Å². The first-order valence-electron chi connectivity index (χ1n) is 18.3. The van der Waals surface area contributed by atoms with Gasteiger partial charge < -0.3 is 19.7 Å². The number of aliphatic hydroxyl groups excluding tert-OH is 2. The molecule has 0 heterocycles. The molecular formula is C39H56O7. The minimum atomic E-state index is -0.542. The lowest BCUT2D eigenvalue weighted by Crippen LogP contribution is -2.58. The fourth-order valence-corrected chi connectivity index (χ4v) is 11.4. The summed E-state index contributed by atoms with van der Waals surface area (Å²) in [7, 11) is 0. The summed E-state index contributed by atoms with van der Waals surface area (Å²) in [5.74, 6) is 2.28. The molecule has 5 aliphatic carbocycles. The molecule has 1 aromatic rings. The molecule has 2 N–H and O–H groups in total. The molecule has 5 aliphatic rings. The molecule has 0 radical (unpaired) electrons. The fourth-order valence-electron chi connectivity index (χ4n) is 11.4. The topological polar surface area (TPSA) is 110 Å². The maximum Gasteiger partial charge on any atom is 0.341 e. The molecule has 7 heteroatoms. The van der Waals surface area contributed by atoms with Gasteiger partial charge in [0.15, 0.2) is 0 Å². The molecule has 0 bridgehead atoms. The zero-order chi connectivity index (χ0) is 32.6. The van der Waals surface area contributed by atoms with Crippen molar-refractivity contribution in [1.29, 1.82) is 0 Å². The van der Waals surface area contributed by atoms with E-state index in [-0.39, 0.29) is 47.3 Å². The van der Waals surface area contributed by atoms with E-state index in [2.05, 4.69) is 20.8 Å². The average Bonchev–Trinajstić information content (AvgIpc) is 3.40. The number of carbonyl (C=O) groups is 3. The third kappa shape index (κ3) is 6.44. The molecule has 5 saturated carbocycles. The Morgan fingerprint density at radius 3 is 2.61 bits per heavy atom. The van der Waals surface area contributed by atoms with E-state index in [4.69, 9.17) is 9.47 Å². The maximum absolute atomic E-state index is 12.7. The monoisotopic (exact) mass is 636 g/mol. The number of carbonyl (C=O) groups excluding carboxylic acids is 3. The van der Waals surface area contributed by atoms with E-state index in [1.54, 1.807) is 18.2 Å². The first-order valence-corrected chi connectivity index (χ1v) is 18.3. The first kappa shape index (κ1) is 33.6. The second-order valence-electron chi connectivity index (χ2n) is 16.3. The predicted molar refractivity (Wildman–Crippen MR) is 174 cm³/mol. The van der Waals surface area contributed by atoms with Gasteiger partial charge in [0.2, 0.25) is 6.79 Å². The number of ether oxygens (including phenoxy) is 2. The van der Waals surface area contributed by atoms with E-state index in [1.807, 2.05) is 6.07 Å². The van der Waals surface area contributed by atoms with Crippen molar-refractivity contribution in [3.8, 4) is 0 Å². The number of hydrogen-bond acceptors (Lipinski definition) is 7. The van der Waals surface area contributed by atoms with E-state index >= 15 is 0 Å². The van der Waals surface area contributed by atoms with Crippen LogP contribution in [0.2, 0.25) is 0 Å². The summed E-state index contributed by atoms with van der Waals surface area (Å²) < 4.78 is 10.6. The third-order valence-corrected chi connectivity index (χ3v) is 14.0. The number of fused-ring (bicyclic) bond motifs is 5. The lowest BCUT2D eigenvalue weighted by molar-refractivity contribution is -0.175. The quantitative estimate of drug-likeness (QED) is 0.221.